The Morgan fingerprint density at radius 3 is 2.09 bits per heavy atom. The third-order valence-electron chi connectivity index (χ3n) is 14.7. The zero-order valence-electron chi connectivity index (χ0n) is 43.2. The van der Waals surface area contributed by atoms with Crippen molar-refractivity contribution in [1.82, 2.24) is 0 Å². The van der Waals surface area contributed by atoms with Gasteiger partial charge in [-0.15, -0.1) is 0 Å². The molecule has 3 amide bonds. The van der Waals surface area contributed by atoms with Gasteiger partial charge < -0.3 is 29.3 Å². The molecule has 4 heterocycles. The highest BCUT2D eigenvalue weighted by atomic mass is 33.1. The van der Waals surface area contributed by atoms with Crippen LogP contribution < -0.4 is 29.3 Å². The van der Waals surface area contributed by atoms with Gasteiger partial charge in [0.1, 0.15) is 30.0 Å². The molecule has 1 N–H and O–H groups in total. The van der Waals surface area contributed by atoms with E-state index in [4.69, 9.17) is 18.4 Å². The Bertz CT molecular complexity index is 3100. The number of methoxy groups -OCH3 is 1. The van der Waals surface area contributed by atoms with Gasteiger partial charge >= 0.3 is 0 Å². The topological polar surface area (TPSA) is 158 Å². The van der Waals surface area contributed by atoms with Crippen LogP contribution in [0.3, 0.4) is 0 Å². The molecule has 16 heteroatoms. The maximum Gasteiger partial charge on any atom is 0.272 e. The molecule has 4 atom stereocenters. The van der Waals surface area contributed by atoms with Gasteiger partial charge in [-0.1, -0.05) is 71.8 Å². The van der Waals surface area contributed by atoms with E-state index in [1.165, 1.54) is 5.56 Å². The number of ether oxygens (including phenoxy) is 3. The lowest BCUT2D eigenvalue weighted by Crippen LogP contribution is -2.47. The van der Waals surface area contributed by atoms with E-state index in [0.29, 0.717) is 88.2 Å². The molecular weight excluding hydrogens is 995 g/mol. The Labute approximate surface area is 443 Å². The summed E-state index contributed by atoms with van der Waals surface area (Å²) in [6.45, 7) is 10.3. The Kier molecular flexibility index (Phi) is 15.9. The summed E-state index contributed by atoms with van der Waals surface area (Å²) in [5.41, 5.74) is 8.91. The minimum atomic E-state index is -4.08. The largest absolute Gasteiger partial charge is 0.493 e. The molecule has 0 fully saturated rings. The van der Waals surface area contributed by atoms with Gasteiger partial charge in [-0.05, 0) is 159 Å². The van der Waals surface area contributed by atoms with Crippen molar-refractivity contribution in [2.24, 2.45) is 0 Å². The van der Waals surface area contributed by atoms with Crippen LogP contribution in [-0.4, -0.2) is 73.5 Å². The minimum Gasteiger partial charge on any atom is -0.493 e. The van der Waals surface area contributed by atoms with E-state index in [2.05, 4.69) is 32.2 Å². The zero-order valence-corrected chi connectivity index (χ0v) is 45.6. The van der Waals surface area contributed by atoms with Crippen molar-refractivity contribution < 1.29 is 46.0 Å². The third-order valence-corrected chi connectivity index (χ3v) is 20.3. The second kappa shape index (κ2) is 22.2. The summed E-state index contributed by atoms with van der Waals surface area (Å²) < 4.78 is 51.0. The van der Waals surface area contributed by atoms with Crippen LogP contribution in [0.2, 0.25) is 0 Å². The quantitative estimate of drug-likeness (QED) is 0.0582. The number of para-hydroxylation sites is 2. The minimum absolute atomic E-state index is 0.0478. The molecule has 0 bridgehead atoms. The number of nitrogens with zero attached hydrogens (tertiary/aromatic N) is 2. The maximum absolute atomic E-state index is 14.4. The smallest absolute Gasteiger partial charge is 0.272 e. The van der Waals surface area contributed by atoms with Crippen LogP contribution in [0.1, 0.15) is 126 Å². The fourth-order valence-electron chi connectivity index (χ4n) is 10.6. The van der Waals surface area contributed by atoms with Crippen molar-refractivity contribution >= 4 is 72.3 Å². The first kappa shape index (κ1) is 53.0. The highest BCUT2D eigenvalue weighted by molar-refractivity contribution is 8.77. The number of benzene rings is 5. The number of Topliss-reactive ketones (excluding diaryl/α,β-unsaturated/α-hetero) is 1. The molecule has 13 nitrogen and oxygen atoms in total. The Morgan fingerprint density at radius 2 is 1.41 bits per heavy atom. The van der Waals surface area contributed by atoms with E-state index in [9.17, 15) is 27.6 Å². The molecule has 0 aromatic heterocycles. The maximum atomic E-state index is 14.4. The number of rotatable bonds is 20. The Balaban J connectivity index is 0.958. The lowest BCUT2D eigenvalue weighted by molar-refractivity contribution is -0.119. The number of carbonyl (C=O) groups is 4. The lowest BCUT2D eigenvalue weighted by Gasteiger charge is -2.28. The van der Waals surface area contributed by atoms with Crippen LogP contribution >= 0.6 is 21.6 Å². The summed E-state index contributed by atoms with van der Waals surface area (Å²) in [6, 6.07) is 28.0. The van der Waals surface area contributed by atoms with Crippen LogP contribution in [-0.2, 0) is 62.8 Å². The van der Waals surface area contributed by atoms with Crippen LogP contribution in [0.5, 0.6) is 17.2 Å². The number of carbonyl (C=O) groups excluding carboxylic acids is 4. The first-order valence-corrected chi connectivity index (χ1v) is 29.2. The predicted molar refractivity (Wildman–Crippen MR) is 294 cm³/mol. The number of hydrogen-bond donors (Lipinski definition) is 1. The van der Waals surface area contributed by atoms with Crippen molar-refractivity contribution in [1.29, 1.82) is 0 Å². The van der Waals surface area contributed by atoms with Crippen molar-refractivity contribution in [3.05, 3.63) is 141 Å². The number of hydrogen-bond acceptors (Lipinski definition) is 12. The average molecular weight is 1060 g/mol. The standard InChI is InChI=1S/C58H65N3O10S3/c1-8-45(62)20-17-36(3)72-73-58(4,5)22-21-55(63)59-43-25-37(24-38(26-43)34-71-53-29-39-18-19-44-27-40-13-9-11-15-48(40)60(44)56(64)47(39)32-52(53)68-6)33-70-51-30-42-31-54(74(66,67)69-7)50-28-41-14-10-12-16-49(41)61(50)57(65)46(42)23-35(51)2/h9-16,23-26,29-30,32,36,44,50,54H,8,17-22,27-28,31,33-34H2,1-7H3,(H,59,63)/t36?,44-,50+,54?/m1/s1. The van der Waals surface area contributed by atoms with Gasteiger partial charge in [-0.3, -0.25) is 23.4 Å². The second-order valence-corrected chi connectivity index (χ2v) is 25.7. The molecular formula is C58H65N3O10S3. The van der Waals surface area contributed by atoms with Gasteiger partial charge in [0, 0.05) is 63.5 Å². The van der Waals surface area contributed by atoms with Crippen LogP contribution in [0.25, 0.3) is 0 Å². The van der Waals surface area contributed by atoms with Gasteiger partial charge in [-0.2, -0.15) is 8.42 Å². The fourth-order valence-corrected chi connectivity index (χ4v) is 14.5. The van der Waals surface area contributed by atoms with Gasteiger partial charge in [-0.25, -0.2) is 0 Å². The summed E-state index contributed by atoms with van der Waals surface area (Å²) in [7, 11) is 2.14. The fraction of sp³-hybridized carbons (Fsp3) is 0.414. The monoisotopic (exact) mass is 1060 g/mol. The summed E-state index contributed by atoms with van der Waals surface area (Å²) >= 11 is 0. The highest BCUT2D eigenvalue weighted by Gasteiger charge is 2.48. The number of nitrogens with one attached hydrogen (secondary N) is 1. The molecule has 0 spiro atoms. The van der Waals surface area contributed by atoms with Gasteiger partial charge in [0.05, 0.1) is 20.3 Å². The molecule has 4 aliphatic rings. The summed E-state index contributed by atoms with van der Waals surface area (Å²) in [4.78, 5) is 57.8. The molecule has 2 unspecified atom stereocenters. The van der Waals surface area contributed by atoms with Crippen molar-refractivity contribution in [2.45, 2.75) is 139 Å². The lowest BCUT2D eigenvalue weighted by atomic mass is 9.97. The van der Waals surface area contributed by atoms with E-state index in [1.54, 1.807) is 51.8 Å². The second-order valence-electron chi connectivity index (χ2n) is 20.5. The third kappa shape index (κ3) is 11.4. The molecule has 390 valence electrons. The highest BCUT2D eigenvalue weighted by Crippen LogP contribution is 2.45. The molecule has 4 aliphatic heterocycles. The molecule has 9 rings (SSSR count). The number of amides is 3. The predicted octanol–water partition coefficient (Wildman–Crippen LogP) is 11.2. The summed E-state index contributed by atoms with van der Waals surface area (Å²) in [5.74, 6) is 1.20. The van der Waals surface area contributed by atoms with Gasteiger partial charge in [0.15, 0.2) is 11.5 Å². The normalized spacial score (nSPS) is 18.2. The molecule has 0 aliphatic carbocycles. The number of ketones is 1. The van der Waals surface area contributed by atoms with Crippen LogP contribution in [0.4, 0.5) is 17.1 Å². The number of aryl methyl sites for hydroxylation is 2. The molecule has 0 saturated carbocycles. The van der Waals surface area contributed by atoms with Crippen molar-refractivity contribution in [3.63, 3.8) is 0 Å². The first-order valence-electron chi connectivity index (χ1n) is 25.5. The van der Waals surface area contributed by atoms with Crippen LogP contribution in [0, 0.1) is 6.92 Å². The van der Waals surface area contributed by atoms with Gasteiger partial charge in [0.2, 0.25) is 5.91 Å². The zero-order chi connectivity index (χ0) is 52.5. The van der Waals surface area contributed by atoms with E-state index in [1.807, 2.05) is 85.5 Å². The summed E-state index contributed by atoms with van der Waals surface area (Å²) in [5, 5.41) is 2.41. The molecule has 74 heavy (non-hydrogen) atoms. The van der Waals surface area contributed by atoms with E-state index >= 15 is 0 Å². The van der Waals surface area contributed by atoms with Crippen molar-refractivity contribution in [2.75, 3.05) is 29.3 Å². The van der Waals surface area contributed by atoms with Crippen molar-refractivity contribution in [3.8, 4) is 17.2 Å². The SMILES string of the molecule is CCC(=O)CCC(C)SSC(C)(C)CCC(=O)Nc1cc(COc2cc3c(cc2C)C(=O)N2c4ccccc4C[C@H]2C(S(=O)(=O)OC)C3)cc(COc2cc3c(cc2OC)C(=O)N2c4ccccc4C[C@H]2CC3)c1. The van der Waals surface area contributed by atoms with E-state index in [0.717, 1.165) is 54.3 Å². The number of anilines is 3. The van der Waals surface area contributed by atoms with Gasteiger partial charge in [0.25, 0.3) is 21.9 Å². The first-order chi connectivity index (χ1) is 35.4. The molecule has 0 saturated heterocycles. The van der Waals surface area contributed by atoms with E-state index in [-0.39, 0.29) is 60.3 Å². The molecule has 5 aromatic carbocycles. The van der Waals surface area contributed by atoms with E-state index < -0.39 is 21.4 Å². The Morgan fingerprint density at radius 1 is 0.770 bits per heavy atom. The van der Waals surface area contributed by atoms with Crippen LogP contribution in [0.15, 0.2) is 91.0 Å². The molecule has 0 radical (unpaired) electrons. The molecule has 5 aromatic rings. The summed E-state index contributed by atoms with van der Waals surface area (Å²) in [6.07, 6.45) is 5.60. The Hall–Kier alpha value is -5.81. The number of fused-ring (bicyclic) bond motifs is 8. The average Bonchev–Trinajstić information content (AvgIpc) is 3.90.